The summed E-state index contributed by atoms with van der Waals surface area (Å²) in [4.78, 5) is 10.0. The second-order valence-corrected chi connectivity index (χ2v) is 10.8. The Morgan fingerprint density at radius 2 is 1.62 bits per heavy atom. The molecule has 2 aromatic carbocycles. The number of unbranched alkanes of at least 4 members (excludes halogenated alkanes) is 5. The molecule has 1 saturated heterocycles. The van der Waals surface area contributed by atoms with Crippen LogP contribution < -0.4 is 4.90 Å². The van der Waals surface area contributed by atoms with Gasteiger partial charge < -0.3 is 4.90 Å². The first-order valence-corrected chi connectivity index (χ1v) is 14.7. The van der Waals surface area contributed by atoms with Gasteiger partial charge in [-0.15, -0.1) is 0 Å². The van der Waals surface area contributed by atoms with Gasteiger partial charge in [0.2, 0.25) is 0 Å². The number of hydrogen-bond acceptors (Lipinski definition) is 4. The van der Waals surface area contributed by atoms with Crippen LogP contribution in [0.3, 0.4) is 0 Å². The molecule has 0 aliphatic carbocycles. The molecule has 1 aliphatic heterocycles. The van der Waals surface area contributed by atoms with Crippen LogP contribution in [-0.4, -0.2) is 47.0 Å². The molecule has 1 fully saturated rings. The van der Waals surface area contributed by atoms with E-state index in [0.717, 1.165) is 73.4 Å². The molecular formula is C34H41N5. The zero-order chi connectivity index (χ0) is 27.0. The van der Waals surface area contributed by atoms with Gasteiger partial charge >= 0.3 is 0 Å². The third kappa shape index (κ3) is 6.02. The van der Waals surface area contributed by atoms with Crippen molar-refractivity contribution < 1.29 is 0 Å². The molecule has 202 valence electrons. The van der Waals surface area contributed by atoms with E-state index in [1.54, 1.807) is 0 Å². The fourth-order valence-electron chi connectivity index (χ4n) is 5.92. The summed E-state index contributed by atoms with van der Waals surface area (Å²) < 4.78 is 2.29. The summed E-state index contributed by atoms with van der Waals surface area (Å²) in [6.07, 6.45) is 13.1. The second-order valence-electron chi connectivity index (χ2n) is 10.8. The average molecular weight is 520 g/mol. The van der Waals surface area contributed by atoms with Crippen molar-refractivity contribution in [3.8, 4) is 6.07 Å². The summed E-state index contributed by atoms with van der Waals surface area (Å²) in [6, 6.07) is 21.4. The number of para-hydroxylation sites is 2. The highest BCUT2D eigenvalue weighted by Gasteiger charge is 2.26. The number of nitriles is 1. The molecule has 0 atom stereocenters. The average Bonchev–Trinajstić information content (AvgIpc) is 3.35. The summed E-state index contributed by atoms with van der Waals surface area (Å²) in [7, 11) is 0. The molecule has 5 nitrogen and oxygen atoms in total. The van der Waals surface area contributed by atoms with Crippen molar-refractivity contribution in [3.05, 3.63) is 82.9 Å². The van der Waals surface area contributed by atoms with E-state index in [4.69, 9.17) is 4.98 Å². The number of rotatable bonds is 11. The largest absolute Gasteiger partial charge is 0.355 e. The summed E-state index contributed by atoms with van der Waals surface area (Å²) in [5.74, 6) is 1.25. The van der Waals surface area contributed by atoms with Crippen LogP contribution in [0.1, 0.15) is 67.7 Å². The zero-order valence-corrected chi connectivity index (χ0v) is 23.6. The normalized spacial score (nSPS) is 14.5. The lowest BCUT2D eigenvalue weighted by Crippen LogP contribution is -2.47. The van der Waals surface area contributed by atoms with Crippen molar-refractivity contribution in [1.29, 1.82) is 5.26 Å². The molecule has 3 heterocycles. The van der Waals surface area contributed by atoms with Crippen molar-refractivity contribution in [3.63, 3.8) is 0 Å². The highest BCUT2D eigenvalue weighted by molar-refractivity contribution is 5.86. The van der Waals surface area contributed by atoms with Gasteiger partial charge in [-0.3, -0.25) is 9.30 Å². The molecule has 0 spiro atoms. The van der Waals surface area contributed by atoms with Gasteiger partial charge in [0, 0.05) is 32.7 Å². The van der Waals surface area contributed by atoms with Crippen LogP contribution in [0.25, 0.3) is 22.8 Å². The topological polar surface area (TPSA) is 47.6 Å². The molecule has 1 aliphatic rings. The Kier molecular flexibility index (Phi) is 8.96. The molecule has 2 aromatic heterocycles. The lowest BCUT2D eigenvalue weighted by Gasteiger charge is -2.37. The molecule has 0 amide bonds. The minimum absolute atomic E-state index is 0.723. The van der Waals surface area contributed by atoms with E-state index < -0.39 is 0 Å². The molecule has 0 bridgehead atoms. The van der Waals surface area contributed by atoms with Crippen molar-refractivity contribution in [2.75, 3.05) is 37.6 Å². The smallest absolute Gasteiger partial charge is 0.157 e. The highest BCUT2D eigenvalue weighted by atomic mass is 15.3. The lowest BCUT2D eigenvalue weighted by molar-refractivity contribution is 0.283. The maximum Gasteiger partial charge on any atom is 0.157 e. The fraction of sp³-hybridized carbons (Fsp3) is 0.412. The van der Waals surface area contributed by atoms with E-state index in [-0.39, 0.29) is 0 Å². The van der Waals surface area contributed by atoms with Crippen molar-refractivity contribution in [2.24, 2.45) is 0 Å². The summed E-state index contributed by atoms with van der Waals surface area (Å²) in [5, 5.41) is 10.2. The molecule has 4 aromatic rings. The molecule has 5 rings (SSSR count). The third-order valence-electron chi connectivity index (χ3n) is 8.13. The van der Waals surface area contributed by atoms with Crippen LogP contribution >= 0.6 is 0 Å². The number of fused-ring (bicyclic) bond motifs is 3. The Morgan fingerprint density at radius 3 is 2.38 bits per heavy atom. The zero-order valence-electron chi connectivity index (χ0n) is 23.6. The van der Waals surface area contributed by atoms with E-state index in [1.807, 2.05) is 6.07 Å². The van der Waals surface area contributed by atoms with Crippen molar-refractivity contribution >= 4 is 28.6 Å². The molecule has 39 heavy (non-hydrogen) atoms. The van der Waals surface area contributed by atoms with Crippen LogP contribution in [0, 0.1) is 18.3 Å². The van der Waals surface area contributed by atoms with Crippen LogP contribution in [0.2, 0.25) is 0 Å². The Morgan fingerprint density at radius 1 is 0.897 bits per heavy atom. The number of aromatic nitrogens is 2. The predicted molar refractivity (Wildman–Crippen MR) is 163 cm³/mol. The Balaban J connectivity index is 1.42. The minimum atomic E-state index is 0.723. The SMILES string of the molecule is CCCCCCCCc1c(C)c(C#N)c2nc3ccccc3n2c1N1CCN(CC=Cc2ccccc2)CC1. The first-order valence-electron chi connectivity index (χ1n) is 14.7. The number of benzene rings is 2. The van der Waals surface area contributed by atoms with Gasteiger partial charge in [-0.2, -0.15) is 5.26 Å². The van der Waals surface area contributed by atoms with Crippen LogP contribution in [0.15, 0.2) is 60.7 Å². The van der Waals surface area contributed by atoms with Gasteiger partial charge in [0.1, 0.15) is 11.9 Å². The van der Waals surface area contributed by atoms with Crippen LogP contribution in [0.5, 0.6) is 0 Å². The molecular weight excluding hydrogens is 478 g/mol. The van der Waals surface area contributed by atoms with Gasteiger partial charge in [0.05, 0.1) is 16.6 Å². The van der Waals surface area contributed by atoms with Gasteiger partial charge in [-0.05, 0) is 48.6 Å². The van der Waals surface area contributed by atoms with E-state index in [0.29, 0.717) is 0 Å². The maximum absolute atomic E-state index is 10.2. The third-order valence-corrected chi connectivity index (χ3v) is 8.13. The highest BCUT2D eigenvalue weighted by Crippen LogP contribution is 2.35. The van der Waals surface area contributed by atoms with Gasteiger partial charge in [0.25, 0.3) is 0 Å². The molecule has 5 heteroatoms. The maximum atomic E-state index is 10.2. The number of pyridine rings is 1. The van der Waals surface area contributed by atoms with Crippen molar-refractivity contribution in [1.82, 2.24) is 14.3 Å². The molecule has 0 unspecified atom stereocenters. The van der Waals surface area contributed by atoms with Gasteiger partial charge in [-0.1, -0.05) is 93.6 Å². The minimum Gasteiger partial charge on any atom is -0.355 e. The Labute approximate surface area is 233 Å². The Hall–Kier alpha value is -3.62. The molecule has 0 radical (unpaired) electrons. The first kappa shape index (κ1) is 27.0. The number of hydrogen-bond donors (Lipinski definition) is 0. The quantitative estimate of drug-likeness (QED) is 0.194. The standard InChI is InChI=1S/C34H41N5/c1-3-4-5-6-7-11-18-29-27(2)30(26-35)33-36-31-19-12-13-20-32(31)39(33)34(29)38-24-22-37(23-25-38)21-14-17-28-15-9-8-10-16-28/h8-10,12-17,19-20H,3-7,11,18,21-25H2,1-2H3. The predicted octanol–water partition coefficient (Wildman–Crippen LogP) is 7.41. The lowest BCUT2D eigenvalue weighted by atomic mass is 9.97. The number of nitrogens with zero attached hydrogens (tertiary/aromatic N) is 5. The Bertz CT molecular complexity index is 1450. The van der Waals surface area contributed by atoms with Crippen molar-refractivity contribution in [2.45, 2.75) is 58.8 Å². The number of anilines is 1. The van der Waals surface area contributed by atoms with Crippen LogP contribution in [-0.2, 0) is 6.42 Å². The van der Waals surface area contributed by atoms with E-state index in [2.05, 4.69) is 94.8 Å². The summed E-state index contributed by atoms with van der Waals surface area (Å²) in [6.45, 7) is 9.33. The fourth-order valence-corrected chi connectivity index (χ4v) is 5.92. The second kappa shape index (κ2) is 13.0. The van der Waals surface area contributed by atoms with Crippen LogP contribution in [0.4, 0.5) is 5.82 Å². The number of imidazole rings is 1. The van der Waals surface area contributed by atoms with Gasteiger partial charge in [0.15, 0.2) is 5.65 Å². The summed E-state index contributed by atoms with van der Waals surface area (Å²) in [5.41, 5.74) is 7.25. The number of piperazine rings is 1. The molecule has 0 N–H and O–H groups in total. The van der Waals surface area contributed by atoms with Gasteiger partial charge in [-0.25, -0.2) is 4.98 Å². The van der Waals surface area contributed by atoms with E-state index >= 15 is 0 Å². The monoisotopic (exact) mass is 519 g/mol. The molecule has 0 saturated carbocycles. The van der Waals surface area contributed by atoms with E-state index in [1.165, 1.54) is 49.0 Å². The van der Waals surface area contributed by atoms with E-state index in [9.17, 15) is 5.26 Å². The summed E-state index contributed by atoms with van der Waals surface area (Å²) >= 11 is 0. The first-order chi connectivity index (χ1) is 19.2.